The van der Waals surface area contributed by atoms with Crippen molar-refractivity contribution in [2.45, 2.75) is 12.1 Å². The van der Waals surface area contributed by atoms with Crippen molar-refractivity contribution in [3.8, 4) is 0 Å². The summed E-state index contributed by atoms with van der Waals surface area (Å²) in [6, 6.07) is 4.83. The molecule has 0 aromatic heterocycles. The SMILES string of the molecule is CN(C)C(=O)CNC(=O)[C@H]1OCC(=O)N(C)[C@H]1c1ccc(F)cc1. The number of amides is 3. The van der Waals surface area contributed by atoms with Gasteiger partial charge < -0.3 is 19.9 Å². The first-order chi connectivity index (χ1) is 11.3. The van der Waals surface area contributed by atoms with Crippen LogP contribution in [0.2, 0.25) is 0 Å². The quantitative estimate of drug-likeness (QED) is 0.834. The summed E-state index contributed by atoms with van der Waals surface area (Å²) in [5.41, 5.74) is 0.575. The van der Waals surface area contributed by atoms with Crippen molar-refractivity contribution in [3.05, 3.63) is 35.6 Å². The van der Waals surface area contributed by atoms with Gasteiger partial charge >= 0.3 is 0 Å². The Balaban J connectivity index is 2.18. The summed E-state index contributed by atoms with van der Waals surface area (Å²) in [4.78, 5) is 38.7. The summed E-state index contributed by atoms with van der Waals surface area (Å²) in [6.07, 6.45) is -0.979. The molecule has 1 aromatic carbocycles. The lowest BCUT2D eigenvalue weighted by molar-refractivity contribution is -0.162. The highest BCUT2D eigenvalue weighted by Crippen LogP contribution is 2.29. The third-order valence-corrected chi connectivity index (χ3v) is 3.87. The first-order valence-corrected chi connectivity index (χ1v) is 7.42. The first-order valence-electron chi connectivity index (χ1n) is 7.42. The third kappa shape index (κ3) is 3.88. The number of nitrogens with zero attached hydrogens (tertiary/aromatic N) is 2. The molecule has 130 valence electrons. The van der Waals surface area contributed by atoms with E-state index in [2.05, 4.69) is 5.32 Å². The maximum absolute atomic E-state index is 13.1. The Kier molecular flexibility index (Phi) is 5.50. The van der Waals surface area contributed by atoms with Crippen LogP contribution in [0.3, 0.4) is 0 Å². The molecule has 2 atom stereocenters. The van der Waals surface area contributed by atoms with Crippen molar-refractivity contribution in [1.29, 1.82) is 0 Å². The fourth-order valence-electron chi connectivity index (χ4n) is 2.41. The number of carbonyl (C=O) groups is 3. The summed E-state index contributed by atoms with van der Waals surface area (Å²) in [6.45, 7) is -0.395. The molecule has 24 heavy (non-hydrogen) atoms. The fraction of sp³-hybridized carbons (Fsp3) is 0.438. The van der Waals surface area contributed by atoms with Crippen LogP contribution in [0.15, 0.2) is 24.3 Å². The predicted octanol–water partition coefficient (Wildman–Crippen LogP) is -0.0716. The molecule has 1 N–H and O–H groups in total. The monoisotopic (exact) mass is 337 g/mol. The van der Waals surface area contributed by atoms with Gasteiger partial charge in [0.15, 0.2) is 6.10 Å². The van der Waals surface area contributed by atoms with Crippen molar-refractivity contribution in [2.75, 3.05) is 34.3 Å². The number of ether oxygens (including phenoxy) is 1. The number of rotatable bonds is 4. The van der Waals surface area contributed by atoms with Crippen LogP contribution in [0.25, 0.3) is 0 Å². The van der Waals surface area contributed by atoms with Gasteiger partial charge in [-0.2, -0.15) is 0 Å². The Morgan fingerprint density at radius 2 is 1.96 bits per heavy atom. The van der Waals surface area contributed by atoms with Crippen LogP contribution in [0, 0.1) is 5.82 Å². The Hall–Kier alpha value is -2.48. The van der Waals surface area contributed by atoms with Crippen molar-refractivity contribution in [2.24, 2.45) is 0 Å². The molecular weight excluding hydrogens is 317 g/mol. The Bertz CT molecular complexity index is 633. The number of hydrogen-bond acceptors (Lipinski definition) is 4. The number of likely N-dealkylation sites (N-methyl/N-ethyl adjacent to an activating group) is 2. The minimum atomic E-state index is -0.979. The van der Waals surface area contributed by atoms with Gasteiger partial charge in [-0.05, 0) is 17.7 Å². The highest BCUT2D eigenvalue weighted by atomic mass is 19.1. The lowest BCUT2D eigenvalue weighted by Gasteiger charge is -2.38. The molecule has 1 aliphatic rings. The number of nitrogens with one attached hydrogen (secondary N) is 1. The van der Waals surface area contributed by atoms with E-state index in [1.807, 2.05) is 0 Å². The lowest BCUT2D eigenvalue weighted by Crippen LogP contribution is -2.53. The second-order valence-electron chi connectivity index (χ2n) is 5.74. The van der Waals surface area contributed by atoms with Crippen molar-refractivity contribution >= 4 is 17.7 Å². The number of morpholine rings is 1. The zero-order chi connectivity index (χ0) is 17.9. The normalized spacial score (nSPS) is 20.7. The molecule has 0 saturated carbocycles. The van der Waals surface area contributed by atoms with Crippen LogP contribution < -0.4 is 5.32 Å². The van der Waals surface area contributed by atoms with E-state index in [0.717, 1.165) is 0 Å². The van der Waals surface area contributed by atoms with E-state index in [4.69, 9.17) is 4.74 Å². The van der Waals surface area contributed by atoms with E-state index in [9.17, 15) is 18.8 Å². The van der Waals surface area contributed by atoms with E-state index < -0.39 is 23.9 Å². The highest BCUT2D eigenvalue weighted by Gasteiger charge is 2.40. The Labute approximate surface area is 139 Å². The molecule has 0 unspecified atom stereocenters. The number of halogens is 1. The van der Waals surface area contributed by atoms with Crippen molar-refractivity contribution < 1.29 is 23.5 Å². The zero-order valence-electron chi connectivity index (χ0n) is 13.8. The van der Waals surface area contributed by atoms with Gasteiger partial charge in [-0.25, -0.2) is 4.39 Å². The second kappa shape index (κ2) is 7.39. The standard InChI is InChI=1S/C16H20FN3O4/c1-19(2)12(21)8-18-16(23)15-14(20(3)13(22)9-24-15)10-4-6-11(17)7-5-10/h4-7,14-15H,8-9H2,1-3H3,(H,18,23)/t14-,15-/m0/s1. The van der Waals surface area contributed by atoms with Gasteiger partial charge in [0.2, 0.25) is 11.8 Å². The number of hydrogen-bond donors (Lipinski definition) is 1. The maximum Gasteiger partial charge on any atom is 0.252 e. The molecule has 1 aromatic rings. The lowest BCUT2D eigenvalue weighted by atomic mass is 9.97. The highest BCUT2D eigenvalue weighted by molar-refractivity contribution is 5.89. The molecule has 3 amide bonds. The van der Waals surface area contributed by atoms with Crippen LogP contribution in [0.5, 0.6) is 0 Å². The van der Waals surface area contributed by atoms with Crippen molar-refractivity contribution in [3.63, 3.8) is 0 Å². The number of carbonyl (C=O) groups excluding carboxylic acids is 3. The summed E-state index contributed by atoms with van der Waals surface area (Å²) in [7, 11) is 4.73. The van der Waals surface area contributed by atoms with E-state index in [1.165, 1.54) is 34.1 Å². The van der Waals surface area contributed by atoms with Crippen LogP contribution in [-0.2, 0) is 19.1 Å². The average molecular weight is 337 g/mol. The van der Waals surface area contributed by atoms with E-state index in [0.29, 0.717) is 5.56 Å². The molecule has 2 rings (SSSR count). The average Bonchev–Trinajstić information content (AvgIpc) is 2.55. The molecule has 0 spiro atoms. The molecule has 1 heterocycles. The summed E-state index contributed by atoms with van der Waals surface area (Å²) in [5.74, 6) is -1.46. The topological polar surface area (TPSA) is 79.0 Å². The molecule has 8 heteroatoms. The summed E-state index contributed by atoms with van der Waals surface area (Å²) >= 11 is 0. The minimum Gasteiger partial charge on any atom is -0.356 e. The molecule has 1 fully saturated rings. The van der Waals surface area contributed by atoms with Gasteiger partial charge in [0, 0.05) is 21.1 Å². The Morgan fingerprint density at radius 3 is 2.54 bits per heavy atom. The van der Waals surface area contributed by atoms with E-state index in [1.54, 1.807) is 21.1 Å². The van der Waals surface area contributed by atoms with Gasteiger partial charge in [0.25, 0.3) is 5.91 Å². The van der Waals surface area contributed by atoms with Crippen LogP contribution in [-0.4, -0.2) is 67.9 Å². The van der Waals surface area contributed by atoms with Crippen LogP contribution in [0.4, 0.5) is 4.39 Å². The minimum absolute atomic E-state index is 0.167. The summed E-state index contributed by atoms with van der Waals surface area (Å²) < 4.78 is 18.5. The molecule has 7 nitrogen and oxygen atoms in total. The molecule has 1 aliphatic heterocycles. The molecule has 0 bridgehead atoms. The molecular formula is C16H20FN3O4. The van der Waals surface area contributed by atoms with Crippen LogP contribution >= 0.6 is 0 Å². The van der Waals surface area contributed by atoms with E-state index >= 15 is 0 Å². The van der Waals surface area contributed by atoms with Gasteiger partial charge in [0.05, 0.1) is 12.6 Å². The first kappa shape index (κ1) is 17.9. The molecule has 0 aliphatic carbocycles. The van der Waals surface area contributed by atoms with Crippen molar-refractivity contribution in [1.82, 2.24) is 15.1 Å². The fourth-order valence-corrected chi connectivity index (χ4v) is 2.41. The Morgan fingerprint density at radius 1 is 1.33 bits per heavy atom. The number of benzene rings is 1. The molecule has 1 saturated heterocycles. The predicted molar refractivity (Wildman–Crippen MR) is 83.4 cm³/mol. The van der Waals surface area contributed by atoms with E-state index in [-0.39, 0.29) is 25.0 Å². The van der Waals surface area contributed by atoms with Gasteiger partial charge in [-0.3, -0.25) is 14.4 Å². The van der Waals surface area contributed by atoms with Gasteiger partial charge in [-0.15, -0.1) is 0 Å². The largest absolute Gasteiger partial charge is 0.356 e. The second-order valence-corrected chi connectivity index (χ2v) is 5.74. The molecule has 0 radical (unpaired) electrons. The van der Waals surface area contributed by atoms with Gasteiger partial charge in [-0.1, -0.05) is 12.1 Å². The summed E-state index contributed by atoms with van der Waals surface area (Å²) in [5, 5.41) is 2.51. The van der Waals surface area contributed by atoms with Crippen LogP contribution in [0.1, 0.15) is 11.6 Å². The third-order valence-electron chi connectivity index (χ3n) is 3.87. The maximum atomic E-state index is 13.1. The smallest absolute Gasteiger partial charge is 0.252 e. The van der Waals surface area contributed by atoms with Gasteiger partial charge in [0.1, 0.15) is 12.4 Å². The zero-order valence-corrected chi connectivity index (χ0v) is 13.8.